The Kier molecular flexibility index (Phi) is 7.35. The quantitative estimate of drug-likeness (QED) is 0.666. The Morgan fingerprint density at radius 3 is 2.09 bits per heavy atom. The van der Waals surface area contributed by atoms with Gasteiger partial charge in [0.2, 0.25) is 5.91 Å². The molecule has 0 unspecified atom stereocenters. The normalized spacial score (nSPS) is 13.2. The van der Waals surface area contributed by atoms with Crippen molar-refractivity contribution in [1.29, 1.82) is 0 Å². The van der Waals surface area contributed by atoms with Gasteiger partial charge >= 0.3 is 12.1 Å². The molecule has 0 aliphatic heterocycles. The molecule has 0 spiro atoms. The number of carbonyl (C=O) groups excluding carboxylic acids is 2. The van der Waals surface area contributed by atoms with Gasteiger partial charge in [-0.3, -0.25) is 4.79 Å². The van der Waals surface area contributed by atoms with Gasteiger partial charge in [-0.2, -0.15) is 0 Å². The summed E-state index contributed by atoms with van der Waals surface area (Å²) in [5.74, 6) is -1.66. The van der Waals surface area contributed by atoms with Crippen molar-refractivity contribution in [2.24, 2.45) is 0 Å². The van der Waals surface area contributed by atoms with Crippen LogP contribution in [-0.2, 0) is 14.3 Å². The zero-order valence-corrected chi connectivity index (χ0v) is 14.3. The van der Waals surface area contributed by atoms with Crippen LogP contribution in [0.3, 0.4) is 0 Å². The van der Waals surface area contributed by atoms with Crippen LogP contribution in [0.5, 0.6) is 0 Å². The molecule has 0 aromatic carbocycles. The first-order chi connectivity index (χ1) is 9.89. The molecule has 128 valence electrons. The Balaban J connectivity index is 4.72. The molecule has 7 heteroatoms. The number of ether oxygens (including phenoxy) is 1. The second kappa shape index (κ2) is 8.00. The van der Waals surface area contributed by atoms with E-state index in [-0.39, 0.29) is 0 Å². The Morgan fingerprint density at radius 1 is 1.14 bits per heavy atom. The molecule has 2 amide bonds. The summed E-state index contributed by atoms with van der Waals surface area (Å²) < 4.78 is 5.09. The molecule has 3 N–H and O–H groups in total. The van der Waals surface area contributed by atoms with Gasteiger partial charge in [0.25, 0.3) is 0 Å². The molecular weight excluding hydrogens is 288 g/mol. The smallest absolute Gasteiger partial charge is 0.408 e. The van der Waals surface area contributed by atoms with E-state index in [1.165, 1.54) is 13.8 Å². The lowest BCUT2D eigenvalue weighted by molar-refractivity contribution is -0.142. The van der Waals surface area contributed by atoms with E-state index in [9.17, 15) is 14.4 Å². The first-order valence-corrected chi connectivity index (χ1v) is 7.44. The molecule has 0 aromatic rings. The molecule has 0 saturated heterocycles. The Hall–Kier alpha value is -1.79. The number of nitrogens with one attached hydrogen (secondary N) is 2. The third-order valence-electron chi connectivity index (χ3n) is 2.83. The summed E-state index contributed by atoms with van der Waals surface area (Å²) >= 11 is 0. The molecule has 7 nitrogen and oxygen atoms in total. The van der Waals surface area contributed by atoms with Gasteiger partial charge in [-0.05, 0) is 41.0 Å². The average molecular weight is 316 g/mol. The van der Waals surface area contributed by atoms with E-state index in [0.29, 0.717) is 12.8 Å². The molecule has 0 radical (unpaired) electrons. The largest absolute Gasteiger partial charge is 0.480 e. The van der Waals surface area contributed by atoms with Crippen LogP contribution in [0.15, 0.2) is 0 Å². The third kappa shape index (κ3) is 7.85. The minimum absolute atomic E-state index is 0.347. The van der Waals surface area contributed by atoms with Crippen LogP contribution < -0.4 is 10.6 Å². The molecule has 0 heterocycles. The number of rotatable bonds is 7. The van der Waals surface area contributed by atoms with Crippen LogP contribution >= 0.6 is 0 Å². The van der Waals surface area contributed by atoms with E-state index in [0.717, 1.165) is 6.42 Å². The third-order valence-corrected chi connectivity index (χ3v) is 2.83. The van der Waals surface area contributed by atoms with Crippen molar-refractivity contribution in [1.82, 2.24) is 10.6 Å². The molecule has 0 saturated carbocycles. The zero-order chi connectivity index (χ0) is 17.6. The summed E-state index contributed by atoms with van der Waals surface area (Å²) in [7, 11) is 0. The van der Waals surface area contributed by atoms with Crippen molar-refractivity contribution >= 4 is 18.0 Å². The minimum atomic E-state index is -1.28. The molecule has 0 fully saturated rings. The van der Waals surface area contributed by atoms with Gasteiger partial charge in [-0.15, -0.1) is 0 Å². The second-order valence-corrected chi connectivity index (χ2v) is 6.76. The van der Waals surface area contributed by atoms with E-state index in [2.05, 4.69) is 10.6 Å². The fraction of sp³-hybridized carbons (Fsp3) is 0.800. The zero-order valence-electron chi connectivity index (χ0n) is 14.3. The summed E-state index contributed by atoms with van der Waals surface area (Å²) in [6.07, 6.45) is 1.14. The first-order valence-electron chi connectivity index (χ1n) is 7.44. The van der Waals surface area contributed by atoms with Crippen LogP contribution in [0, 0.1) is 0 Å². The highest BCUT2D eigenvalue weighted by Gasteiger charge is 2.34. The number of carboxylic acids is 1. The predicted molar refractivity (Wildman–Crippen MR) is 82.5 cm³/mol. The highest BCUT2D eigenvalue weighted by atomic mass is 16.6. The summed E-state index contributed by atoms with van der Waals surface area (Å²) in [6, 6.07) is -0.966. The van der Waals surface area contributed by atoms with Crippen LogP contribution in [0.1, 0.15) is 60.8 Å². The highest BCUT2D eigenvalue weighted by molar-refractivity contribution is 5.92. The van der Waals surface area contributed by atoms with Crippen LogP contribution in [0.4, 0.5) is 4.79 Å². The van der Waals surface area contributed by atoms with Crippen molar-refractivity contribution in [2.45, 2.75) is 78.0 Å². The Labute approximate surface area is 131 Å². The molecule has 22 heavy (non-hydrogen) atoms. The van der Waals surface area contributed by atoms with Crippen molar-refractivity contribution in [3.63, 3.8) is 0 Å². The first kappa shape index (κ1) is 20.2. The average Bonchev–Trinajstić information content (AvgIpc) is 2.30. The van der Waals surface area contributed by atoms with E-state index in [4.69, 9.17) is 9.84 Å². The SMILES string of the molecule is CCCC[C@@H](NC(=O)C(C)(C)NC(=O)OC(C)(C)C)C(=O)O. The van der Waals surface area contributed by atoms with Crippen molar-refractivity contribution in [3.8, 4) is 0 Å². The molecule has 0 bridgehead atoms. The summed E-state index contributed by atoms with van der Waals surface area (Å²) in [4.78, 5) is 35.1. The number of hydrogen-bond acceptors (Lipinski definition) is 4. The molecule has 1 atom stereocenters. The van der Waals surface area contributed by atoms with Gasteiger partial charge in [0.05, 0.1) is 0 Å². The lowest BCUT2D eigenvalue weighted by atomic mass is 10.0. The maximum Gasteiger partial charge on any atom is 0.408 e. The number of aliphatic carboxylic acids is 1. The maximum atomic E-state index is 12.2. The summed E-state index contributed by atoms with van der Waals surface area (Å²) in [6.45, 7) is 10.1. The number of hydrogen-bond donors (Lipinski definition) is 3. The van der Waals surface area contributed by atoms with Crippen LogP contribution in [-0.4, -0.2) is 40.3 Å². The van der Waals surface area contributed by atoms with Gasteiger partial charge in [0, 0.05) is 0 Å². The monoisotopic (exact) mass is 316 g/mol. The summed E-state index contributed by atoms with van der Waals surface area (Å²) in [5, 5.41) is 14.0. The maximum absolute atomic E-state index is 12.2. The highest BCUT2D eigenvalue weighted by Crippen LogP contribution is 2.10. The lowest BCUT2D eigenvalue weighted by Crippen LogP contribution is -2.58. The molecule has 0 aliphatic rings. The van der Waals surface area contributed by atoms with E-state index >= 15 is 0 Å². The van der Waals surface area contributed by atoms with Gasteiger partial charge in [-0.1, -0.05) is 19.8 Å². The van der Waals surface area contributed by atoms with Crippen molar-refractivity contribution in [3.05, 3.63) is 0 Å². The van der Waals surface area contributed by atoms with Crippen molar-refractivity contribution < 1.29 is 24.2 Å². The van der Waals surface area contributed by atoms with Gasteiger partial charge in [0.1, 0.15) is 17.2 Å². The lowest BCUT2D eigenvalue weighted by Gasteiger charge is -2.28. The van der Waals surface area contributed by atoms with E-state index in [1.807, 2.05) is 6.92 Å². The van der Waals surface area contributed by atoms with Gasteiger partial charge < -0.3 is 20.5 Å². The Morgan fingerprint density at radius 2 is 1.68 bits per heavy atom. The van der Waals surface area contributed by atoms with Gasteiger partial charge in [-0.25, -0.2) is 9.59 Å². The standard InChI is InChI=1S/C15H28N2O5/c1-7-8-9-10(11(18)19)16-12(20)15(5,6)17-13(21)22-14(2,3)4/h10H,7-9H2,1-6H3,(H,16,20)(H,17,21)(H,18,19)/t10-/m1/s1. The van der Waals surface area contributed by atoms with Crippen molar-refractivity contribution in [2.75, 3.05) is 0 Å². The molecular formula is C15H28N2O5. The fourth-order valence-electron chi connectivity index (χ4n) is 1.62. The molecule has 0 aromatic heterocycles. The number of alkyl carbamates (subject to hydrolysis) is 1. The number of carbonyl (C=O) groups is 3. The number of carboxylic acid groups (broad SMARTS) is 1. The molecule has 0 rings (SSSR count). The number of amides is 2. The van der Waals surface area contributed by atoms with Gasteiger partial charge in [0.15, 0.2) is 0 Å². The summed E-state index contributed by atoms with van der Waals surface area (Å²) in [5.41, 5.74) is -1.95. The van der Waals surface area contributed by atoms with E-state index in [1.54, 1.807) is 20.8 Å². The minimum Gasteiger partial charge on any atom is -0.480 e. The van der Waals surface area contributed by atoms with E-state index < -0.39 is 35.2 Å². The van der Waals surface area contributed by atoms with Crippen LogP contribution in [0.2, 0.25) is 0 Å². The fourth-order valence-corrected chi connectivity index (χ4v) is 1.62. The predicted octanol–water partition coefficient (Wildman–Crippen LogP) is 2.05. The number of unbranched alkanes of at least 4 members (excludes halogenated alkanes) is 1. The Bertz CT molecular complexity index is 413. The molecule has 0 aliphatic carbocycles. The second-order valence-electron chi connectivity index (χ2n) is 6.76. The van der Waals surface area contributed by atoms with Crippen LogP contribution in [0.25, 0.3) is 0 Å². The topological polar surface area (TPSA) is 105 Å².